The van der Waals surface area contributed by atoms with Gasteiger partial charge in [-0.05, 0) is 13.0 Å². The van der Waals surface area contributed by atoms with E-state index in [0.717, 1.165) is 0 Å². The molecule has 0 radical (unpaired) electrons. The van der Waals surface area contributed by atoms with Crippen molar-refractivity contribution in [1.29, 1.82) is 0 Å². The number of nitro benzene ring substituents is 1. The molecule has 114 valence electrons. The minimum absolute atomic E-state index is 0. The van der Waals surface area contributed by atoms with Crippen molar-refractivity contribution in [3.63, 3.8) is 0 Å². The summed E-state index contributed by atoms with van der Waals surface area (Å²) in [5, 5.41) is 10.7. The molecule has 0 unspecified atom stereocenters. The van der Waals surface area contributed by atoms with Gasteiger partial charge in [-0.3, -0.25) is 19.7 Å². The molecule has 0 amide bonds. The van der Waals surface area contributed by atoms with Crippen molar-refractivity contribution >= 4 is 17.3 Å². The van der Waals surface area contributed by atoms with E-state index in [1.165, 1.54) is 31.2 Å². The zero-order chi connectivity index (χ0) is 15.4. The van der Waals surface area contributed by atoms with E-state index in [9.17, 15) is 19.7 Å². The Morgan fingerprint density at radius 3 is 2.50 bits per heavy atom. The van der Waals surface area contributed by atoms with Crippen LogP contribution >= 0.6 is 0 Å². The quantitative estimate of drug-likeness (QED) is 0.294. The van der Waals surface area contributed by atoms with Gasteiger partial charge in [0, 0.05) is 23.8 Å². The Balaban J connectivity index is 0.00000242. The summed E-state index contributed by atoms with van der Waals surface area (Å²) in [6, 6.07) is 8.93. The molecular weight excluding hydrogens is 352 g/mol. The number of benzene rings is 1. The lowest BCUT2D eigenvalue weighted by Crippen LogP contribution is -3.00. The molecule has 0 fully saturated rings. The molecule has 0 saturated carbocycles. The summed E-state index contributed by atoms with van der Waals surface area (Å²) in [7, 11) is 0. The standard InChI is InChI=1S/C15H13N2O4.BrH/c1-11(18)13-5-3-7-16(9-13)10-15(19)12-4-2-6-14(8-12)17(20)21;/h2-9H,10H2,1H3;1H/q+1;/p-1. The fraction of sp³-hybridized carbons (Fsp3) is 0.133. The third kappa shape index (κ3) is 4.29. The van der Waals surface area contributed by atoms with Crippen LogP contribution in [0.15, 0.2) is 48.8 Å². The van der Waals surface area contributed by atoms with Crippen LogP contribution in [0.4, 0.5) is 5.69 Å². The molecule has 2 rings (SSSR count). The smallest absolute Gasteiger partial charge is 0.270 e. The summed E-state index contributed by atoms with van der Waals surface area (Å²) < 4.78 is 1.58. The van der Waals surface area contributed by atoms with E-state index in [4.69, 9.17) is 0 Å². The minimum Gasteiger partial charge on any atom is -1.00 e. The fourth-order valence-electron chi connectivity index (χ4n) is 1.88. The van der Waals surface area contributed by atoms with Crippen LogP contribution < -0.4 is 21.5 Å². The summed E-state index contributed by atoms with van der Waals surface area (Å²) in [5.74, 6) is -0.350. The van der Waals surface area contributed by atoms with E-state index < -0.39 is 4.92 Å². The molecule has 2 aromatic rings. The van der Waals surface area contributed by atoms with Gasteiger partial charge in [0.2, 0.25) is 12.3 Å². The van der Waals surface area contributed by atoms with E-state index in [0.29, 0.717) is 5.56 Å². The molecule has 1 aromatic heterocycles. The van der Waals surface area contributed by atoms with E-state index in [2.05, 4.69) is 0 Å². The lowest BCUT2D eigenvalue weighted by molar-refractivity contribution is -0.683. The number of Topliss-reactive ketones (excluding diaryl/α,β-unsaturated/α-hetero) is 2. The molecule has 0 aliphatic carbocycles. The summed E-state index contributed by atoms with van der Waals surface area (Å²) in [4.78, 5) is 33.6. The molecule has 6 nitrogen and oxygen atoms in total. The largest absolute Gasteiger partial charge is 1.00 e. The molecule has 0 saturated heterocycles. The van der Waals surface area contributed by atoms with E-state index >= 15 is 0 Å². The topological polar surface area (TPSA) is 81.2 Å². The number of halogens is 1. The second-order valence-electron chi connectivity index (χ2n) is 4.55. The van der Waals surface area contributed by atoms with Crippen LogP contribution in [0.3, 0.4) is 0 Å². The van der Waals surface area contributed by atoms with Crippen LogP contribution in [0.2, 0.25) is 0 Å². The number of non-ortho nitro benzene ring substituents is 1. The van der Waals surface area contributed by atoms with E-state index in [-0.39, 0.29) is 46.3 Å². The van der Waals surface area contributed by atoms with Gasteiger partial charge in [0.05, 0.1) is 10.5 Å². The molecule has 0 atom stereocenters. The van der Waals surface area contributed by atoms with Gasteiger partial charge in [-0.25, -0.2) is 0 Å². The van der Waals surface area contributed by atoms with Crippen LogP contribution in [0, 0.1) is 10.1 Å². The van der Waals surface area contributed by atoms with Gasteiger partial charge < -0.3 is 17.0 Å². The number of hydrogen-bond acceptors (Lipinski definition) is 4. The van der Waals surface area contributed by atoms with Crippen LogP contribution in [-0.4, -0.2) is 16.5 Å². The van der Waals surface area contributed by atoms with Crippen molar-refractivity contribution in [1.82, 2.24) is 0 Å². The van der Waals surface area contributed by atoms with E-state index in [1.807, 2.05) is 0 Å². The number of carbonyl (C=O) groups is 2. The Bertz CT molecular complexity index is 731. The van der Waals surface area contributed by atoms with Crippen LogP contribution in [0.5, 0.6) is 0 Å². The number of nitro groups is 1. The predicted octanol–water partition coefficient (Wildman–Crippen LogP) is -1.03. The van der Waals surface area contributed by atoms with Crippen LogP contribution in [0.1, 0.15) is 27.6 Å². The molecule has 0 N–H and O–H groups in total. The molecule has 1 heterocycles. The van der Waals surface area contributed by atoms with Crippen molar-refractivity contribution < 1.29 is 36.1 Å². The molecule has 0 spiro atoms. The maximum absolute atomic E-state index is 12.1. The Morgan fingerprint density at radius 2 is 1.86 bits per heavy atom. The average molecular weight is 365 g/mol. The number of nitrogens with zero attached hydrogens (tertiary/aromatic N) is 2. The second kappa shape index (κ2) is 7.56. The van der Waals surface area contributed by atoms with Crippen LogP contribution in [0.25, 0.3) is 0 Å². The highest BCUT2D eigenvalue weighted by Gasteiger charge is 2.16. The van der Waals surface area contributed by atoms with Gasteiger partial charge in [0.25, 0.3) is 5.69 Å². The highest BCUT2D eigenvalue weighted by molar-refractivity contribution is 5.96. The summed E-state index contributed by atoms with van der Waals surface area (Å²) in [5.41, 5.74) is 0.651. The third-order valence-electron chi connectivity index (χ3n) is 2.97. The van der Waals surface area contributed by atoms with Gasteiger partial charge >= 0.3 is 0 Å². The number of carbonyl (C=O) groups excluding carboxylic acids is 2. The Labute approximate surface area is 137 Å². The normalized spacial score (nSPS) is 9.68. The van der Waals surface area contributed by atoms with Crippen molar-refractivity contribution in [2.75, 3.05) is 0 Å². The highest BCUT2D eigenvalue weighted by Crippen LogP contribution is 2.13. The molecule has 22 heavy (non-hydrogen) atoms. The summed E-state index contributed by atoms with van der Waals surface area (Å²) in [6.07, 6.45) is 3.25. The monoisotopic (exact) mass is 364 g/mol. The Hall–Kier alpha value is -2.41. The first-order valence-corrected chi connectivity index (χ1v) is 6.25. The second-order valence-corrected chi connectivity index (χ2v) is 4.55. The minimum atomic E-state index is -0.541. The van der Waals surface area contributed by atoms with Crippen molar-refractivity contribution in [2.24, 2.45) is 0 Å². The first-order chi connectivity index (χ1) is 9.97. The number of pyridine rings is 1. The Kier molecular flexibility index (Phi) is 6.06. The lowest BCUT2D eigenvalue weighted by atomic mass is 10.1. The van der Waals surface area contributed by atoms with E-state index in [1.54, 1.807) is 29.1 Å². The number of ketones is 2. The SMILES string of the molecule is CC(=O)c1ccc[n+](CC(=O)c2cccc([N+](=O)[O-])c2)c1.[Br-]. The predicted molar refractivity (Wildman–Crippen MR) is 74.1 cm³/mol. The molecule has 0 aliphatic heterocycles. The van der Waals surface area contributed by atoms with Gasteiger partial charge in [0.1, 0.15) is 0 Å². The first-order valence-electron chi connectivity index (χ1n) is 6.25. The van der Waals surface area contributed by atoms with Crippen LogP contribution in [-0.2, 0) is 6.54 Å². The molecular formula is C15H13BrN2O4. The van der Waals surface area contributed by atoms with Crippen molar-refractivity contribution in [3.8, 4) is 0 Å². The maximum atomic E-state index is 12.1. The van der Waals surface area contributed by atoms with Gasteiger partial charge in [-0.2, -0.15) is 4.57 Å². The van der Waals surface area contributed by atoms with Crippen molar-refractivity contribution in [2.45, 2.75) is 13.5 Å². The third-order valence-corrected chi connectivity index (χ3v) is 2.97. The van der Waals surface area contributed by atoms with Gasteiger partial charge in [-0.1, -0.05) is 12.1 Å². The molecule has 7 heteroatoms. The number of rotatable bonds is 5. The van der Waals surface area contributed by atoms with Crippen molar-refractivity contribution in [3.05, 3.63) is 70.0 Å². The molecule has 0 aliphatic rings. The highest BCUT2D eigenvalue weighted by atomic mass is 79.9. The summed E-state index contributed by atoms with van der Waals surface area (Å²) >= 11 is 0. The van der Waals surface area contributed by atoms with Gasteiger partial charge in [0.15, 0.2) is 18.2 Å². The Morgan fingerprint density at radius 1 is 1.18 bits per heavy atom. The average Bonchev–Trinajstić information content (AvgIpc) is 2.47. The zero-order valence-electron chi connectivity index (χ0n) is 11.7. The molecule has 1 aromatic carbocycles. The number of aromatic nitrogens is 1. The van der Waals surface area contributed by atoms with Gasteiger partial charge in [-0.15, -0.1) is 0 Å². The molecule has 0 bridgehead atoms. The summed E-state index contributed by atoms with van der Waals surface area (Å²) in [6.45, 7) is 1.46. The zero-order valence-corrected chi connectivity index (χ0v) is 13.3. The lowest BCUT2D eigenvalue weighted by Gasteiger charge is -2.00. The maximum Gasteiger partial charge on any atom is 0.270 e. The fourth-order valence-corrected chi connectivity index (χ4v) is 1.88. The number of hydrogen-bond donors (Lipinski definition) is 0. The first kappa shape index (κ1) is 17.6.